The molecule has 0 saturated carbocycles. The minimum absolute atomic E-state index is 0.888. The summed E-state index contributed by atoms with van der Waals surface area (Å²) in [6.07, 6.45) is 0. The molecule has 1 aromatic heterocycles. The standard InChI is InChI=1S/C25H26N4S/c1-20-11-13-22(14-12-20)30-16-15-27-18-28(17-21-7-3-2-4-8-21)25-26-23-9-5-6-10-24(23)29(25)19-27/h2-14H,15-19H2,1H3/p+1. The van der Waals surface area contributed by atoms with Gasteiger partial charge in [0, 0.05) is 10.6 Å². The zero-order valence-electron chi connectivity index (χ0n) is 17.3. The maximum Gasteiger partial charge on any atom is 0.215 e. The Kier molecular flexibility index (Phi) is 5.47. The highest BCUT2D eigenvalue weighted by Crippen LogP contribution is 2.24. The third kappa shape index (κ3) is 4.09. The van der Waals surface area contributed by atoms with Crippen LogP contribution in [0.4, 0.5) is 5.95 Å². The highest BCUT2D eigenvalue weighted by Gasteiger charge is 2.28. The molecule has 0 saturated heterocycles. The molecule has 1 aliphatic rings. The number of imidazole rings is 1. The normalized spacial score (nSPS) is 16.0. The second kappa shape index (κ2) is 8.54. The fourth-order valence-electron chi connectivity index (χ4n) is 4.11. The van der Waals surface area contributed by atoms with Crippen molar-refractivity contribution in [1.82, 2.24) is 9.55 Å². The van der Waals surface area contributed by atoms with Crippen LogP contribution in [0, 0.1) is 6.92 Å². The van der Waals surface area contributed by atoms with Gasteiger partial charge in [0.15, 0.2) is 13.3 Å². The van der Waals surface area contributed by atoms with E-state index in [1.165, 1.54) is 21.5 Å². The van der Waals surface area contributed by atoms with Crippen LogP contribution < -0.4 is 9.80 Å². The van der Waals surface area contributed by atoms with Crippen molar-refractivity contribution in [3.05, 3.63) is 90.0 Å². The van der Waals surface area contributed by atoms with E-state index < -0.39 is 0 Å². The Morgan fingerprint density at radius 2 is 1.67 bits per heavy atom. The van der Waals surface area contributed by atoms with Gasteiger partial charge in [-0.3, -0.25) is 14.4 Å². The molecule has 0 spiro atoms. The predicted molar refractivity (Wildman–Crippen MR) is 125 cm³/mol. The van der Waals surface area contributed by atoms with Gasteiger partial charge in [-0.1, -0.05) is 60.2 Å². The number of nitrogens with one attached hydrogen (secondary N) is 1. The number of aryl methyl sites for hydroxylation is 1. The maximum absolute atomic E-state index is 4.97. The van der Waals surface area contributed by atoms with Crippen LogP contribution in [0.5, 0.6) is 0 Å². The fourth-order valence-corrected chi connectivity index (χ4v) is 5.07. The van der Waals surface area contributed by atoms with Gasteiger partial charge in [0.05, 0.1) is 24.1 Å². The van der Waals surface area contributed by atoms with Crippen molar-refractivity contribution < 1.29 is 4.90 Å². The highest BCUT2D eigenvalue weighted by atomic mass is 32.2. The van der Waals surface area contributed by atoms with Gasteiger partial charge in [-0.05, 0) is 36.8 Å². The SMILES string of the molecule is Cc1ccc(SCC[NH+]2CN(Cc3ccccc3)c3nc4ccccc4n3C2)cc1. The summed E-state index contributed by atoms with van der Waals surface area (Å²) in [6.45, 7) is 6.09. The van der Waals surface area contributed by atoms with E-state index in [0.717, 1.165) is 43.6 Å². The first-order valence-electron chi connectivity index (χ1n) is 10.5. The predicted octanol–water partition coefficient (Wildman–Crippen LogP) is 3.96. The van der Waals surface area contributed by atoms with Gasteiger partial charge in [0.2, 0.25) is 5.95 Å². The lowest BCUT2D eigenvalue weighted by Gasteiger charge is -2.34. The van der Waals surface area contributed by atoms with Gasteiger partial charge in [-0.25, -0.2) is 4.98 Å². The summed E-state index contributed by atoms with van der Waals surface area (Å²) in [5.74, 6) is 2.20. The van der Waals surface area contributed by atoms with Gasteiger partial charge in [0.1, 0.15) is 0 Å². The number of quaternary nitrogens is 1. The van der Waals surface area contributed by atoms with Crippen molar-refractivity contribution in [3.63, 3.8) is 0 Å². The molecule has 1 unspecified atom stereocenters. The van der Waals surface area contributed by atoms with Crippen LogP contribution in [0.1, 0.15) is 11.1 Å². The first kappa shape index (κ1) is 19.2. The number of thioether (sulfide) groups is 1. The van der Waals surface area contributed by atoms with Crippen LogP contribution in [-0.4, -0.2) is 28.5 Å². The third-order valence-corrected chi connectivity index (χ3v) is 6.69. The smallest absolute Gasteiger partial charge is 0.215 e. The number of aromatic nitrogens is 2. The number of fused-ring (bicyclic) bond motifs is 3. The van der Waals surface area contributed by atoms with Crippen molar-refractivity contribution >= 4 is 28.7 Å². The molecule has 5 heteroatoms. The number of benzene rings is 3. The minimum atomic E-state index is 0.888. The molecule has 1 N–H and O–H groups in total. The average molecular weight is 416 g/mol. The van der Waals surface area contributed by atoms with E-state index in [1.807, 2.05) is 11.8 Å². The van der Waals surface area contributed by atoms with Crippen LogP contribution in [0.3, 0.4) is 0 Å². The summed E-state index contributed by atoms with van der Waals surface area (Å²) in [4.78, 5) is 10.3. The summed E-state index contributed by atoms with van der Waals surface area (Å²) in [5, 5.41) is 0. The van der Waals surface area contributed by atoms with E-state index in [0.29, 0.717) is 0 Å². The number of anilines is 1. The van der Waals surface area contributed by atoms with Crippen molar-refractivity contribution in [2.24, 2.45) is 0 Å². The van der Waals surface area contributed by atoms with Gasteiger partial charge < -0.3 is 0 Å². The van der Waals surface area contributed by atoms with Gasteiger partial charge in [-0.2, -0.15) is 0 Å². The lowest BCUT2D eigenvalue weighted by atomic mass is 10.2. The molecule has 3 aromatic carbocycles. The van der Waals surface area contributed by atoms with E-state index in [9.17, 15) is 0 Å². The molecule has 4 aromatic rings. The molecular formula is C25H27N4S+. The monoisotopic (exact) mass is 415 g/mol. The van der Waals surface area contributed by atoms with E-state index in [2.05, 4.69) is 95.3 Å². The highest BCUT2D eigenvalue weighted by molar-refractivity contribution is 7.99. The Morgan fingerprint density at radius 3 is 2.50 bits per heavy atom. The van der Waals surface area contributed by atoms with Gasteiger partial charge in [-0.15, -0.1) is 11.8 Å². The van der Waals surface area contributed by atoms with Gasteiger partial charge in [0.25, 0.3) is 0 Å². The van der Waals surface area contributed by atoms with Crippen molar-refractivity contribution in [3.8, 4) is 0 Å². The summed E-state index contributed by atoms with van der Waals surface area (Å²) in [7, 11) is 0. The molecule has 30 heavy (non-hydrogen) atoms. The van der Waals surface area contributed by atoms with Crippen molar-refractivity contribution in [2.45, 2.75) is 25.0 Å². The number of rotatable bonds is 6. The Labute approximate surface area is 182 Å². The number of hydrogen-bond donors (Lipinski definition) is 1. The first-order chi connectivity index (χ1) is 14.8. The summed E-state index contributed by atoms with van der Waals surface area (Å²) < 4.78 is 2.40. The molecule has 1 atom stereocenters. The molecule has 152 valence electrons. The molecule has 0 fully saturated rings. The molecule has 1 aliphatic heterocycles. The summed E-state index contributed by atoms with van der Waals surface area (Å²) in [6, 6.07) is 28.1. The third-order valence-electron chi connectivity index (χ3n) is 5.68. The largest absolute Gasteiger partial charge is 0.300 e. The van der Waals surface area contributed by atoms with Crippen LogP contribution >= 0.6 is 11.8 Å². The zero-order valence-corrected chi connectivity index (χ0v) is 18.1. The van der Waals surface area contributed by atoms with E-state index >= 15 is 0 Å². The molecule has 4 nitrogen and oxygen atoms in total. The maximum atomic E-state index is 4.97. The Bertz CT molecular complexity index is 1120. The zero-order chi connectivity index (χ0) is 20.3. The Balaban J connectivity index is 1.35. The molecule has 0 aliphatic carbocycles. The van der Waals surface area contributed by atoms with Crippen LogP contribution in [0.25, 0.3) is 11.0 Å². The van der Waals surface area contributed by atoms with Crippen molar-refractivity contribution in [1.29, 1.82) is 0 Å². The van der Waals surface area contributed by atoms with Gasteiger partial charge >= 0.3 is 0 Å². The minimum Gasteiger partial charge on any atom is -0.300 e. The molecule has 5 rings (SSSR count). The average Bonchev–Trinajstić information content (AvgIpc) is 3.15. The number of hydrogen-bond acceptors (Lipinski definition) is 3. The fraction of sp³-hybridized carbons (Fsp3) is 0.240. The molecule has 0 radical (unpaired) electrons. The second-order valence-corrected chi connectivity index (χ2v) is 9.16. The quantitative estimate of drug-likeness (QED) is 0.483. The molecular weight excluding hydrogens is 388 g/mol. The first-order valence-corrected chi connectivity index (χ1v) is 11.5. The summed E-state index contributed by atoms with van der Waals surface area (Å²) in [5.41, 5.74) is 4.96. The van der Waals surface area contributed by atoms with Crippen LogP contribution in [0.15, 0.2) is 83.8 Å². The van der Waals surface area contributed by atoms with E-state index in [1.54, 1.807) is 4.90 Å². The Hall–Kier alpha value is -2.76. The lowest BCUT2D eigenvalue weighted by Crippen LogP contribution is -3.14. The summed E-state index contributed by atoms with van der Waals surface area (Å²) >= 11 is 1.95. The topological polar surface area (TPSA) is 25.5 Å². The molecule has 2 heterocycles. The molecule has 0 amide bonds. The van der Waals surface area contributed by atoms with Crippen LogP contribution in [-0.2, 0) is 13.2 Å². The van der Waals surface area contributed by atoms with Crippen molar-refractivity contribution in [2.75, 3.05) is 23.9 Å². The second-order valence-electron chi connectivity index (χ2n) is 7.99. The van der Waals surface area contributed by atoms with Crippen LogP contribution in [0.2, 0.25) is 0 Å². The number of nitrogens with zero attached hydrogens (tertiary/aromatic N) is 3. The number of para-hydroxylation sites is 2. The lowest BCUT2D eigenvalue weighted by molar-refractivity contribution is -0.922. The van der Waals surface area contributed by atoms with E-state index in [4.69, 9.17) is 4.98 Å². The molecule has 0 bridgehead atoms. The van der Waals surface area contributed by atoms with E-state index in [-0.39, 0.29) is 0 Å². The Morgan fingerprint density at radius 1 is 0.900 bits per heavy atom.